The average Bonchev–Trinajstić information content (AvgIpc) is 2.20. The number of aliphatic hydroxyl groups excluding tert-OH is 1. The quantitative estimate of drug-likeness (QED) is 0.725. The minimum Gasteiger partial charge on any atom is -0.508 e. The maximum Gasteiger partial charge on any atom is 0.334 e. The third kappa shape index (κ3) is 7.52. The van der Waals surface area contributed by atoms with Gasteiger partial charge in [-0.25, -0.2) is 4.79 Å². The number of carbonyl (C=O) groups excluding carboxylic acids is 1. The standard InChI is InChI=1S/C6H6O.C5H10O3/c7-6-4-2-1-3-5-6;1-3-8-5(7)4(2)6/h1-5,7H;4,6H,3H2,1-2H3. The van der Waals surface area contributed by atoms with Crippen LogP contribution >= 0.6 is 0 Å². The zero-order valence-electron chi connectivity index (χ0n) is 8.88. The van der Waals surface area contributed by atoms with Crippen molar-refractivity contribution >= 4 is 5.97 Å². The highest BCUT2D eigenvalue weighted by Crippen LogP contribution is 2.02. The van der Waals surface area contributed by atoms with E-state index in [4.69, 9.17) is 10.2 Å². The Bertz CT molecular complexity index is 269. The highest BCUT2D eigenvalue weighted by molar-refractivity contribution is 5.73. The predicted octanol–water partition coefficient (Wildman–Crippen LogP) is 1.32. The van der Waals surface area contributed by atoms with Crippen molar-refractivity contribution in [3.05, 3.63) is 30.3 Å². The van der Waals surface area contributed by atoms with Crippen molar-refractivity contribution in [2.45, 2.75) is 20.0 Å². The Balaban J connectivity index is 0.000000262. The number of carbonyl (C=O) groups is 1. The number of aliphatic hydroxyl groups is 1. The van der Waals surface area contributed by atoms with E-state index >= 15 is 0 Å². The van der Waals surface area contributed by atoms with Gasteiger partial charge in [0.05, 0.1) is 6.61 Å². The summed E-state index contributed by atoms with van der Waals surface area (Å²) in [5.74, 6) is -0.241. The van der Waals surface area contributed by atoms with Crippen LogP contribution < -0.4 is 0 Å². The molecule has 0 fully saturated rings. The SMILES string of the molecule is CCOC(=O)C(C)O.Oc1ccccc1. The Morgan fingerprint density at radius 1 is 1.40 bits per heavy atom. The van der Waals surface area contributed by atoms with E-state index in [0.29, 0.717) is 12.4 Å². The number of aromatic hydroxyl groups is 1. The largest absolute Gasteiger partial charge is 0.508 e. The number of esters is 1. The molecule has 1 atom stereocenters. The molecule has 1 aromatic carbocycles. The molecule has 0 aliphatic rings. The third-order valence-electron chi connectivity index (χ3n) is 1.38. The van der Waals surface area contributed by atoms with Crippen LogP contribution in [0.25, 0.3) is 0 Å². The molecule has 4 heteroatoms. The molecule has 0 radical (unpaired) electrons. The van der Waals surface area contributed by atoms with Crippen molar-refractivity contribution < 1.29 is 19.7 Å². The molecule has 84 valence electrons. The van der Waals surface area contributed by atoms with Crippen molar-refractivity contribution in [1.29, 1.82) is 0 Å². The van der Waals surface area contributed by atoms with Gasteiger partial charge in [0, 0.05) is 0 Å². The molecular weight excluding hydrogens is 196 g/mol. The van der Waals surface area contributed by atoms with E-state index in [0.717, 1.165) is 0 Å². The van der Waals surface area contributed by atoms with E-state index in [-0.39, 0.29) is 0 Å². The van der Waals surface area contributed by atoms with E-state index in [9.17, 15) is 4.79 Å². The highest BCUT2D eigenvalue weighted by Gasteiger charge is 2.07. The van der Waals surface area contributed by atoms with Gasteiger partial charge in [0.1, 0.15) is 11.9 Å². The number of hydrogen-bond donors (Lipinski definition) is 2. The molecule has 0 saturated heterocycles. The van der Waals surface area contributed by atoms with Gasteiger partial charge in [0.2, 0.25) is 0 Å². The van der Waals surface area contributed by atoms with Crippen molar-refractivity contribution in [3.8, 4) is 5.75 Å². The third-order valence-corrected chi connectivity index (χ3v) is 1.38. The maximum absolute atomic E-state index is 10.3. The van der Waals surface area contributed by atoms with Crippen LogP contribution in [0.4, 0.5) is 0 Å². The van der Waals surface area contributed by atoms with Gasteiger partial charge in [-0.2, -0.15) is 0 Å². The molecule has 15 heavy (non-hydrogen) atoms. The van der Waals surface area contributed by atoms with Gasteiger partial charge in [-0.05, 0) is 26.0 Å². The number of rotatable bonds is 2. The number of benzene rings is 1. The van der Waals surface area contributed by atoms with Crippen LogP contribution in [0.5, 0.6) is 5.75 Å². The Labute approximate surface area is 89.1 Å². The summed E-state index contributed by atoms with van der Waals surface area (Å²) >= 11 is 0. The van der Waals surface area contributed by atoms with Crippen LogP contribution in [0, 0.1) is 0 Å². The summed E-state index contributed by atoms with van der Waals surface area (Å²) in [5, 5.41) is 17.1. The first-order chi connectivity index (χ1) is 7.07. The van der Waals surface area contributed by atoms with Gasteiger partial charge in [0.25, 0.3) is 0 Å². The molecule has 0 heterocycles. The first-order valence-corrected chi connectivity index (χ1v) is 4.66. The predicted molar refractivity (Wildman–Crippen MR) is 56.4 cm³/mol. The maximum atomic E-state index is 10.3. The van der Waals surface area contributed by atoms with Crippen LogP contribution in [-0.2, 0) is 9.53 Å². The Morgan fingerprint density at radius 2 is 1.93 bits per heavy atom. The minimum atomic E-state index is -0.991. The van der Waals surface area contributed by atoms with Gasteiger partial charge in [-0.15, -0.1) is 0 Å². The molecule has 2 N–H and O–H groups in total. The van der Waals surface area contributed by atoms with E-state index < -0.39 is 12.1 Å². The summed E-state index contributed by atoms with van der Waals surface area (Å²) in [6, 6.07) is 8.71. The first kappa shape index (κ1) is 13.4. The second-order valence-corrected chi connectivity index (χ2v) is 2.76. The second-order valence-electron chi connectivity index (χ2n) is 2.76. The van der Waals surface area contributed by atoms with Gasteiger partial charge in [-0.3, -0.25) is 0 Å². The summed E-state index contributed by atoms with van der Waals surface area (Å²) < 4.78 is 4.41. The molecule has 1 aromatic rings. The molecular formula is C11H16O4. The first-order valence-electron chi connectivity index (χ1n) is 4.66. The fraction of sp³-hybridized carbons (Fsp3) is 0.364. The second kappa shape index (κ2) is 7.82. The monoisotopic (exact) mass is 212 g/mol. The normalized spacial score (nSPS) is 10.9. The molecule has 0 aromatic heterocycles. The lowest BCUT2D eigenvalue weighted by Crippen LogP contribution is -2.18. The minimum absolute atomic E-state index is 0.322. The van der Waals surface area contributed by atoms with Gasteiger partial charge >= 0.3 is 5.97 Å². The van der Waals surface area contributed by atoms with E-state index in [1.165, 1.54) is 6.92 Å². The molecule has 0 spiro atoms. The topological polar surface area (TPSA) is 66.8 Å². The number of ether oxygens (including phenoxy) is 1. The Morgan fingerprint density at radius 3 is 2.13 bits per heavy atom. The van der Waals surface area contributed by atoms with Gasteiger partial charge in [-0.1, -0.05) is 18.2 Å². The average molecular weight is 212 g/mol. The fourth-order valence-corrected chi connectivity index (χ4v) is 0.691. The summed E-state index contributed by atoms with van der Waals surface area (Å²) in [4.78, 5) is 10.3. The lowest BCUT2D eigenvalue weighted by Gasteiger charge is -2.01. The Kier molecular flexibility index (Phi) is 7.01. The molecule has 1 unspecified atom stereocenters. The molecule has 4 nitrogen and oxygen atoms in total. The van der Waals surface area contributed by atoms with E-state index in [2.05, 4.69) is 4.74 Å². The number of phenols is 1. The van der Waals surface area contributed by atoms with Crippen LogP contribution in [0.3, 0.4) is 0 Å². The van der Waals surface area contributed by atoms with Crippen molar-refractivity contribution in [2.24, 2.45) is 0 Å². The lowest BCUT2D eigenvalue weighted by molar-refractivity contribution is -0.151. The van der Waals surface area contributed by atoms with Gasteiger partial charge in [0.15, 0.2) is 0 Å². The summed E-state index contributed by atoms with van der Waals surface area (Å²) in [5.41, 5.74) is 0. The lowest BCUT2D eigenvalue weighted by atomic mass is 10.3. The molecule has 1 rings (SSSR count). The van der Waals surface area contributed by atoms with Crippen LogP contribution in [0.2, 0.25) is 0 Å². The van der Waals surface area contributed by atoms with Crippen LogP contribution in [0.15, 0.2) is 30.3 Å². The zero-order chi connectivity index (χ0) is 11.7. The molecule has 0 amide bonds. The van der Waals surface area contributed by atoms with Crippen molar-refractivity contribution in [1.82, 2.24) is 0 Å². The smallest absolute Gasteiger partial charge is 0.334 e. The van der Waals surface area contributed by atoms with Crippen LogP contribution in [-0.4, -0.2) is 28.9 Å². The summed E-state index contributed by atoms with van der Waals surface area (Å²) in [7, 11) is 0. The van der Waals surface area contributed by atoms with E-state index in [1.807, 2.05) is 6.07 Å². The molecule has 0 aliphatic carbocycles. The summed E-state index contributed by atoms with van der Waals surface area (Å²) in [6.07, 6.45) is -0.991. The molecule has 0 saturated carbocycles. The van der Waals surface area contributed by atoms with Crippen molar-refractivity contribution in [3.63, 3.8) is 0 Å². The van der Waals surface area contributed by atoms with Gasteiger partial charge < -0.3 is 14.9 Å². The highest BCUT2D eigenvalue weighted by atomic mass is 16.5. The Hall–Kier alpha value is -1.55. The molecule has 0 bridgehead atoms. The van der Waals surface area contributed by atoms with Crippen LogP contribution in [0.1, 0.15) is 13.8 Å². The molecule has 0 aliphatic heterocycles. The van der Waals surface area contributed by atoms with E-state index in [1.54, 1.807) is 31.2 Å². The zero-order valence-corrected chi connectivity index (χ0v) is 8.88. The summed E-state index contributed by atoms with van der Waals surface area (Å²) in [6.45, 7) is 3.39. The fourth-order valence-electron chi connectivity index (χ4n) is 0.691. The number of phenolic OH excluding ortho intramolecular Hbond substituents is 1. The number of para-hydroxylation sites is 1. The number of hydrogen-bond acceptors (Lipinski definition) is 4. The van der Waals surface area contributed by atoms with Crippen molar-refractivity contribution in [2.75, 3.05) is 6.61 Å².